The van der Waals surface area contributed by atoms with Crippen molar-refractivity contribution in [3.05, 3.63) is 91.1 Å². The highest BCUT2D eigenvalue weighted by molar-refractivity contribution is 7.92. The molecule has 0 radical (unpaired) electrons. The van der Waals surface area contributed by atoms with Crippen molar-refractivity contribution in [2.24, 2.45) is 0 Å². The minimum Gasteiger partial charge on any atom is -0.443 e. The standard InChI is InChI=1S/C37H41Cl4N5O5S/c1-2-3-4-5-6-7-8-9-10-11-12-17-32(47)42-26-18-19-27(39)30(23-26)43-36-34(37(48)46(44-36)35-28(40)21-25(38)22-29(35)41)45-52(49,50)33-20-24-15-13-14-16-31(24)51-33/h13-16,18-23,43-45H,2-12,17H2,1H3,(H,42,47). The number of rotatable bonds is 19. The lowest BCUT2D eigenvalue weighted by atomic mass is 10.1. The molecule has 0 atom stereocenters. The predicted octanol–water partition coefficient (Wildman–Crippen LogP) is 11.7. The molecule has 3 aromatic carbocycles. The number of nitrogens with zero attached hydrogens (tertiary/aromatic N) is 1. The second-order valence-electron chi connectivity index (χ2n) is 12.6. The Bertz CT molecular complexity index is 2120. The fourth-order valence-corrected chi connectivity index (χ4v) is 8.00. The molecule has 1 amide bonds. The van der Waals surface area contributed by atoms with E-state index in [9.17, 15) is 18.0 Å². The predicted molar refractivity (Wildman–Crippen MR) is 213 cm³/mol. The second kappa shape index (κ2) is 18.4. The molecule has 2 heterocycles. The Morgan fingerprint density at radius 1 is 0.808 bits per heavy atom. The summed E-state index contributed by atoms with van der Waals surface area (Å²) >= 11 is 25.5. The molecule has 15 heteroatoms. The first kappa shape index (κ1) is 39.6. The highest BCUT2D eigenvalue weighted by atomic mass is 35.5. The Balaban J connectivity index is 1.31. The van der Waals surface area contributed by atoms with Gasteiger partial charge in [-0.25, -0.2) is 4.68 Å². The molecule has 2 aromatic heterocycles. The molecular formula is C37H41Cl4N5O5S. The number of carbonyl (C=O) groups is 1. The molecule has 5 aromatic rings. The van der Waals surface area contributed by atoms with Crippen molar-refractivity contribution in [3.63, 3.8) is 0 Å². The van der Waals surface area contributed by atoms with Gasteiger partial charge in [-0.15, -0.1) is 0 Å². The average Bonchev–Trinajstić information content (AvgIpc) is 3.66. The molecule has 5 rings (SSSR count). The van der Waals surface area contributed by atoms with Gasteiger partial charge in [0.1, 0.15) is 11.3 Å². The molecule has 52 heavy (non-hydrogen) atoms. The Hall–Kier alpha value is -3.61. The summed E-state index contributed by atoms with van der Waals surface area (Å²) in [5.74, 6) is -0.242. The van der Waals surface area contributed by atoms with E-state index < -0.39 is 26.4 Å². The summed E-state index contributed by atoms with van der Waals surface area (Å²) in [6.45, 7) is 2.23. The monoisotopic (exact) mass is 807 g/mol. The van der Waals surface area contributed by atoms with Gasteiger partial charge in [-0.1, -0.05) is 136 Å². The average molecular weight is 810 g/mol. The van der Waals surface area contributed by atoms with E-state index in [1.807, 2.05) is 0 Å². The van der Waals surface area contributed by atoms with Crippen LogP contribution in [0.1, 0.15) is 84.0 Å². The lowest BCUT2D eigenvalue weighted by molar-refractivity contribution is -0.116. The van der Waals surface area contributed by atoms with Gasteiger partial charge in [0, 0.05) is 28.6 Å². The number of furan rings is 1. The van der Waals surface area contributed by atoms with Crippen molar-refractivity contribution >= 4 is 96.2 Å². The zero-order chi connectivity index (χ0) is 37.3. The number of H-pyrrole nitrogens is 1. The van der Waals surface area contributed by atoms with Gasteiger partial charge in [-0.05, 0) is 42.8 Å². The molecule has 10 nitrogen and oxygen atoms in total. The highest BCUT2D eigenvalue weighted by Crippen LogP contribution is 2.35. The van der Waals surface area contributed by atoms with Gasteiger partial charge in [0.2, 0.25) is 11.0 Å². The molecule has 0 aliphatic heterocycles. The number of unbranched alkanes of at least 4 members (excludes halogenated alkanes) is 10. The van der Waals surface area contributed by atoms with Crippen molar-refractivity contribution in [2.75, 3.05) is 15.4 Å². The second-order valence-corrected chi connectivity index (χ2v) is 15.9. The number of para-hydroxylation sites is 1. The van der Waals surface area contributed by atoms with Crippen molar-refractivity contribution in [1.82, 2.24) is 9.78 Å². The molecule has 0 saturated heterocycles. The summed E-state index contributed by atoms with van der Waals surface area (Å²) in [5, 5.41) is 9.40. The van der Waals surface area contributed by atoms with Crippen molar-refractivity contribution < 1.29 is 17.6 Å². The maximum atomic E-state index is 13.9. The van der Waals surface area contributed by atoms with Gasteiger partial charge in [-0.3, -0.25) is 19.4 Å². The number of aromatic amines is 1. The Morgan fingerprint density at radius 2 is 1.44 bits per heavy atom. The van der Waals surface area contributed by atoms with Gasteiger partial charge in [-0.2, -0.15) is 8.42 Å². The number of benzene rings is 3. The SMILES string of the molecule is CCCCCCCCCCCCCC(=O)Nc1ccc(Cl)c(Nc2[nH]n(-c3c(Cl)cc(Cl)cc3Cl)c(=O)c2NS(=O)(=O)c2cc3ccccc3o2)c1. The van der Waals surface area contributed by atoms with Crippen LogP contribution in [0, 0.1) is 0 Å². The van der Waals surface area contributed by atoms with Crippen molar-refractivity contribution in [1.29, 1.82) is 0 Å². The minimum atomic E-state index is -4.43. The maximum Gasteiger partial charge on any atom is 0.297 e. The number of halogens is 4. The van der Waals surface area contributed by atoms with Gasteiger partial charge < -0.3 is 15.1 Å². The lowest BCUT2D eigenvalue weighted by Crippen LogP contribution is -2.22. The summed E-state index contributed by atoms with van der Waals surface area (Å²) in [6.07, 6.45) is 13.4. The van der Waals surface area contributed by atoms with Crippen LogP contribution >= 0.6 is 46.4 Å². The van der Waals surface area contributed by atoms with Crippen LogP contribution in [-0.4, -0.2) is 24.1 Å². The van der Waals surface area contributed by atoms with E-state index in [1.165, 1.54) is 69.6 Å². The zero-order valence-corrected chi connectivity index (χ0v) is 32.5. The fraction of sp³-hybridized carbons (Fsp3) is 0.351. The number of amides is 1. The van der Waals surface area contributed by atoms with E-state index in [0.29, 0.717) is 23.1 Å². The maximum absolute atomic E-state index is 13.9. The van der Waals surface area contributed by atoms with Crippen LogP contribution in [0.2, 0.25) is 20.1 Å². The van der Waals surface area contributed by atoms with Crippen LogP contribution in [0.3, 0.4) is 0 Å². The third-order valence-electron chi connectivity index (χ3n) is 8.52. The van der Waals surface area contributed by atoms with Crippen LogP contribution in [0.4, 0.5) is 22.9 Å². The van der Waals surface area contributed by atoms with E-state index >= 15 is 0 Å². The van der Waals surface area contributed by atoms with Gasteiger partial charge >= 0.3 is 0 Å². The molecule has 0 saturated carbocycles. The smallest absolute Gasteiger partial charge is 0.297 e. The molecule has 0 aliphatic carbocycles. The number of aromatic nitrogens is 2. The van der Waals surface area contributed by atoms with E-state index in [1.54, 1.807) is 42.5 Å². The number of anilines is 4. The summed E-state index contributed by atoms with van der Waals surface area (Å²) in [7, 11) is -4.43. The van der Waals surface area contributed by atoms with E-state index in [4.69, 9.17) is 50.8 Å². The number of hydrogen-bond donors (Lipinski definition) is 4. The third-order valence-corrected chi connectivity index (χ3v) is 10.8. The van der Waals surface area contributed by atoms with Crippen molar-refractivity contribution in [2.45, 2.75) is 89.1 Å². The molecule has 4 N–H and O–H groups in total. The van der Waals surface area contributed by atoms with E-state index in [0.717, 1.165) is 23.9 Å². The van der Waals surface area contributed by atoms with Gasteiger partial charge in [0.15, 0.2) is 11.5 Å². The summed E-state index contributed by atoms with van der Waals surface area (Å²) in [6, 6.07) is 15.7. The van der Waals surface area contributed by atoms with Gasteiger partial charge in [0.05, 0.1) is 20.8 Å². The number of hydrogen-bond acceptors (Lipinski definition) is 6. The van der Waals surface area contributed by atoms with Crippen LogP contribution in [0.25, 0.3) is 16.7 Å². The first-order valence-electron chi connectivity index (χ1n) is 17.3. The summed E-state index contributed by atoms with van der Waals surface area (Å²) < 4.78 is 36.1. The van der Waals surface area contributed by atoms with Crippen LogP contribution in [-0.2, 0) is 14.8 Å². The van der Waals surface area contributed by atoms with E-state index in [-0.39, 0.29) is 43.2 Å². The van der Waals surface area contributed by atoms with Crippen LogP contribution in [0.5, 0.6) is 0 Å². The number of fused-ring (bicyclic) bond motifs is 1. The molecule has 0 unspecified atom stereocenters. The Morgan fingerprint density at radius 3 is 2.10 bits per heavy atom. The normalized spacial score (nSPS) is 11.6. The largest absolute Gasteiger partial charge is 0.443 e. The molecule has 0 aliphatic rings. The quantitative estimate of drug-likeness (QED) is 0.0613. The first-order valence-corrected chi connectivity index (χ1v) is 20.3. The molecular weight excluding hydrogens is 768 g/mol. The van der Waals surface area contributed by atoms with Crippen LogP contribution in [0.15, 0.2) is 75.0 Å². The molecule has 0 spiro atoms. The topological polar surface area (TPSA) is 138 Å². The first-order chi connectivity index (χ1) is 25.0. The van der Waals surface area contributed by atoms with Crippen molar-refractivity contribution in [3.8, 4) is 5.69 Å². The lowest BCUT2D eigenvalue weighted by Gasteiger charge is -2.12. The summed E-state index contributed by atoms with van der Waals surface area (Å²) in [5.41, 5.74) is -0.161. The molecule has 0 fully saturated rings. The number of sulfonamides is 1. The fourth-order valence-electron chi connectivity index (χ4n) is 5.81. The van der Waals surface area contributed by atoms with Crippen LogP contribution < -0.4 is 20.9 Å². The number of nitrogens with one attached hydrogen (secondary N) is 4. The summed E-state index contributed by atoms with van der Waals surface area (Å²) in [4.78, 5) is 26.7. The molecule has 0 bridgehead atoms. The van der Waals surface area contributed by atoms with E-state index in [2.05, 4.69) is 27.4 Å². The molecule has 278 valence electrons. The Kier molecular flexibility index (Phi) is 14.0. The van der Waals surface area contributed by atoms with Gasteiger partial charge in [0.25, 0.3) is 15.6 Å². The third kappa shape index (κ3) is 10.3. The Labute approximate surface area is 323 Å². The number of carbonyl (C=O) groups excluding carboxylic acids is 1. The minimum absolute atomic E-state index is 0.0274. The zero-order valence-electron chi connectivity index (χ0n) is 28.7. The highest BCUT2D eigenvalue weighted by Gasteiger charge is 2.27.